The fourth-order valence-electron chi connectivity index (χ4n) is 3.19. The van der Waals surface area contributed by atoms with E-state index in [4.69, 9.17) is 10.5 Å². The molecule has 1 aliphatic heterocycles. The highest BCUT2D eigenvalue weighted by Gasteiger charge is 2.50. The number of aliphatic hydroxyl groups is 1. The molecule has 154 valence electrons. The van der Waals surface area contributed by atoms with Crippen LogP contribution in [0.25, 0.3) is 11.2 Å². The van der Waals surface area contributed by atoms with Gasteiger partial charge in [0.05, 0.1) is 0 Å². The molecule has 0 bridgehead atoms. The van der Waals surface area contributed by atoms with Crippen molar-refractivity contribution >= 4 is 22.9 Å². The maximum Gasteiger partial charge on any atom is 0.452 e. The van der Waals surface area contributed by atoms with Gasteiger partial charge < -0.3 is 15.6 Å². The first-order valence-corrected chi connectivity index (χ1v) is 8.51. The van der Waals surface area contributed by atoms with Crippen LogP contribution in [0.15, 0.2) is 9.59 Å². The van der Waals surface area contributed by atoms with Crippen molar-refractivity contribution in [1.29, 1.82) is 0 Å². The molecule has 2 aromatic rings. The van der Waals surface area contributed by atoms with Gasteiger partial charge in [0.2, 0.25) is 5.95 Å². The smallest absolute Gasteiger partial charge is 0.388 e. The van der Waals surface area contributed by atoms with E-state index < -0.39 is 48.1 Å². The largest absolute Gasteiger partial charge is 0.452 e. The standard InChI is InChI=1S/C15H18F3N5O5/c1-2-3-4-22-8-10(20-13(19)21-11(8)26)23(14(22)27)12-6(24)5-7(28-12)9(25)15(16,17)18/h6-7,12,24H,2-5H2,1H3,(H3,19,20,21,26)/t6-,7+,12-/m1/s1. The van der Waals surface area contributed by atoms with Crippen LogP contribution in [0.4, 0.5) is 19.1 Å². The Kier molecular flexibility index (Phi) is 5.06. The monoisotopic (exact) mass is 405 g/mol. The number of nitrogens with zero attached hydrogens (tertiary/aromatic N) is 3. The number of carbonyl (C=O) groups is 1. The maximum absolute atomic E-state index is 12.9. The molecule has 0 amide bonds. The number of alkyl halides is 3. The van der Waals surface area contributed by atoms with Crippen molar-refractivity contribution in [2.45, 2.75) is 57.3 Å². The number of anilines is 1. The van der Waals surface area contributed by atoms with Crippen LogP contribution in [-0.4, -0.2) is 48.4 Å². The summed E-state index contributed by atoms with van der Waals surface area (Å²) >= 11 is 0. The van der Waals surface area contributed by atoms with Crippen LogP contribution >= 0.6 is 0 Å². The lowest BCUT2D eigenvalue weighted by atomic mass is 10.1. The van der Waals surface area contributed by atoms with Crippen molar-refractivity contribution in [3.8, 4) is 0 Å². The molecule has 0 saturated carbocycles. The summed E-state index contributed by atoms with van der Waals surface area (Å²) in [5.74, 6) is -2.49. The molecule has 0 aliphatic carbocycles. The van der Waals surface area contributed by atoms with Gasteiger partial charge in [0.1, 0.15) is 12.2 Å². The number of fused-ring (bicyclic) bond motifs is 1. The lowest BCUT2D eigenvalue weighted by molar-refractivity contribution is -0.183. The predicted molar refractivity (Wildman–Crippen MR) is 89.5 cm³/mol. The Labute approximate surface area is 154 Å². The number of rotatable bonds is 5. The predicted octanol–water partition coefficient (Wildman–Crippen LogP) is 0.0484. The van der Waals surface area contributed by atoms with Crippen LogP contribution in [0.5, 0.6) is 0 Å². The van der Waals surface area contributed by atoms with Crippen molar-refractivity contribution in [3.05, 3.63) is 20.8 Å². The molecule has 13 heteroatoms. The number of nitrogen functional groups attached to an aromatic ring is 1. The number of aromatic nitrogens is 4. The molecule has 4 N–H and O–H groups in total. The second kappa shape index (κ2) is 7.05. The summed E-state index contributed by atoms with van der Waals surface area (Å²) in [6.07, 6.45) is -9.77. The lowest BCUT2D eigenvalue weighted by Crippen LogP contribution is -2.35. The van der Waals surface area contributed by atoms with Crippen molar-refractivity contribution in [3.63, 3.8) is 0 Å². The minimum absolute atomic E-state index is 0.140. The van der Waals surface area contributed by atoms with Gasteiger partial charge in [0, 0.05) is 13.0 Å². The molecular formula is C15H18F3N5O5. The van der Waals surface area contributed by atoms with Crippen molar-refractivity contribution in [1.82, 2.24) is 19.1 Å². The quantitative estimate of drug-likeness (QED) is 0.637. The summed E-state index contributed by atoms with van der Waals surface area (Å²) < 4.78 is 45.0. The maximum atomic E-state index is 12.9. The van der Waals surface area contributed by atoms with Crippen molar-refractivity contribution in [2.75, 3.05) is 5.73 Å². The Hall–Kier alpha value is -2.67. The van der Waals surface area contributed by atoms with Gasteiger partial charge in [-0.3, -0.25) is 19.1 Å². The number of unbranched alkanes of at least 4 members (excludes halogenated alkanes) is 1. The number of aromatic amines is 1. The van der Waals surface area contributed by atoms with Gasteiger partial charge in [-0.25, -0.2) is 9.36 Å². The second-order valence-electron chi connectivity index (χ2n) is 6.46. The number of nitrogens with one attached hydrogen (secondary N) is 1. The Morgan fingerprint density at radius 3 is 2.71 bits per heavy atom. The Morgan fingerprint density at radius 1 is 1.43 bits per heavy atom. The van der Waals surface area contributed by atoms with E-state index in [1.54, 1.807) is 0 Å². The number of imidazole rings is 1. The summed E-state index contributed by atoms with van der Waals surface area (Å²) in [4.78, 5) is 42.7. The minimum Gasteiger partial charge on any atom is -0.388 e. The molecule has 0 radical (unpaired) electrons. The molecule has 3 rings (SSSR count). The van der Waals surface area contributed by atoms with Gasteiger partial charge in [-0.2, -0.15) is 18.2 Å². The Bertz CT molecular complexity index is 1020. The fraction of sp³-hybridized carbons (Fsp3) is 0.600. The molecular weight excluding hydrogens is 387 g/mol. The van der Waals surface area contributed by atoms with Crippen LogP contribution in [0, 0.1) is 0 Å². The lowest BCUT2D eigenvalue weighted by Gasteiger charge is -2.16. The van der Waals surface area contributed by atoms with Crippen LogP contribution in [-0.2, 0) is 16.1 Å². The summed E-state index contributed by atoms with van der Waals surface area (Å²) in [5, 5.41) is 10.2. The summed E-state index contributed by atoms with van der Waals surface area (Å²) in [6, 6.07) is 0. The topological polar surface area (TPSA) is 145 Å². The van der Waals surface area contributed by atoms with Crippen molar-refractivity contribution in [2.24, 2.45) is 0 Å². The average Bonchev–Trinajstić information content (AvgIpc) is 3.08. The molecule has 0 spiro atoms. The minimum atomic E-state index is -5.15. The zero-order chi connectivity index (χ0) is 20.8. The van der Waals surface area contributed by atoms with E-state index in [2.05, 4.69) is 9.97 Å². The fourth-order valence-corrected chi connectivity index (χ4v) is 3.19. The van der Waals surface area contributed by atoms with E-state index >= 15 is 0 Å². The van der Waals surface area contributed by atoms with Crippen LogP contribution in [0.2, 0.25) is 0 Å². The van der Waals surface area contributed by atoms with E-state index in [1.165, 1.54) is 0 Å². The number of ether oxygens (including phenoxy) is 1. The molecule has 3 heterocycles. The number of nitrogens with two attached hydrogens (primary N) is 1. The van der Waals surface area contributed by atoms with E-state index in [-0.39, 0.29) is 23.7 Å². The van der Waals surface area contributed by atoms with Crippen LogP contribution < -0.4 is 17.0 Å². The van der Waals surface area contributed by atoms with E-state index in [1.807, 2.05) is 6.92 Å². The Morgan fingerprint density at radius 2 is 2.11 bits per heavy atom. The second-order valence-corrected chi connectivity index (χ2v) is 6.46. The van der Waals surface area contributed by atoms with E-state index in [0.717, 1.165) is 9.13 Å². The normalized spacial score (nSPS) is 22.8. The molecule has 2 aromatic heterocycles. The first-order valence-electron chi connectivity index (χ1n) is 8.51. The first kappa shape index (κ1) is 20.1. The van der Waals surface area contributed by atoms with Gasteiger partial charge in [-0.15, -0.1) is 0 Å². The van der Waals surface area contributed by atoms with Gasteiger partial charge in [0.15, 0.2) is 17.4 Å². The molecule has 0 unspecified atom stereocenters. The zero-order valence-corrected chi connectivity index (χ0v) is 14.7. The molecule has 0 aromatic carbocycles. The highest BCUT2D eigenvalue weighted by molar-refractivity contribution is 5.88. The molecule has 1 aliphatic rings. The number of halogens is 3. The summed E-state index contributed by atoms with van der Waals surface area (Å²) in [5.41, 5.74) is 3.61. The third-order valence-corrected chi connectivity index (χ3v) is 4.48. The summed E-state index contributed by atoms with van der Waals surface area (Å²) in [6.45, 7) is 2.00. The third kappa shape index (κ3) is 3.30. The SMILES string of the molecule is CCCCn1c(=O)n([C@@H]2O[C@H](C(=O)C(F)(F)F)C[C@H]2O)c2nc(N)[nH]c(=O)c21. The number of H-pyrrole nitrogens is 1. The summed E-state index contributed by atoms with van der Waals surface area (Å²) in [7, 11) is 0. The van der Waals surface area contributed by atoms with Gasteiger partial charge in [-0.05, 0) is 6.42 Å². The molecule has 10 nitrogen and oxygen atoms in total. The highest BCUT2D eigenvalue weighted by Crippen LogP contribution is 2.33. The van der Waals surface area contributed by atoms with Crippen LogP contribution in [0.1, 0.15) is 32.4 Å². The number of hydrogen-bond donors (Lipinski definition) is 3. The zero-order valence-electron chi connectivity index (χ0n) is 14.7. The highest BCUT2D eigenvalue weighted by atomic mass is 19.4. The van der Waals surface area contributed by atoms with Crippen LogP contribution in [0.3, 0.4) is 0 Å². The first-order chi connectivity index (χ1) is 13.1. The molecule has 1 fully saturated rings. The average molecular weight is 405 g/mol. The number of hydrogen-bond acceptors (Lipinski definition) is 7. The molecule has 1 saturated heterocycles. The van der Waals surface area contributed by atoms with E-state index in [9.17, 15) is 32.7 Å². The Balaban J connectivity index is 2.13. The van der Waals surface area contributed by atoms with Gasteiger partial charge >= 0.3 is 11.9 Å². The molecule has 3 atom stereocenters. The van der Waals surface area contributed by atoms with E-state index in [0.29, 0.717) is 12.8 Å². The number of carbonyl (C=O) groups excluding carboxylic acids is 1. The molecule has 28 heavy (non-hydrogen) atoms. The number of Topliss-reactive ketones (excluding diaryl/α,β-unsaturated/α-hetero) is 1. The number of aryl methyl sites for hydroxylation is 1. The third-order valence-electron chi connectivity index (χ3n) is 4.48. The number of ketones is 1. The number of aliphatic hydroxyl groups excluding tert-OH is 1. The van der Waals surface area contributed by atoms with Gasteiger partial charge in [0.25, 0.3) is 11.3 Å². The van der Waals surface area contributed by atoms with Crippen molar-refractivity contribution < 1.29 is 27.8 Å². The van der Waals surface area contributed by atoms with Gasteiger partial charge in [-0.1, -0.05) is 13.3 Å².